The quantitative estimate of drug-likeness (QED) is 0.270. The van der Waals surface area contributed by atoms with Gasteiger partial charge < -0.3 is 14.0 Å². The highest BCUT2D eigenvalue weighted by molar-refractivity contribution is 7.54. The fourth-order valence-electron chi connectivity index (χ4n) is 2.75. The van der Waals surface area contributed by atoms with Crippen molar-refractivity contribution in [3.63, 3.8) is 0 Å². The molecule has 0 radical (unpaired) electrons. The van der Waals surface area contributed by atoms with Crippen LogP contribution in [-0.4, -0.2) is 47.6 Å². The van der Waals surface area contributed by atoms with Crippen molar-refractivity contribution in [3.8, 4) is 17.2 Å². The van der Waals surface area contributed by atoms with E-state index in [4.69, 9.17) is 14.0 Å². The Morgan fingerprint density at radius 2 is 1.64 bits per heavy atom. The molecule has 0 atom stereocenters. The average molecular weight is 405 g/mol. The van der Waals surface area contributed by atoms with Gasteiger partial charge in [-0.05, 0) is 42.0 Å². The van der Waals surface area contributed by atoms with Crippen LogP contribution in [0.15, 0.2) is 42.5 Å². The molecule has 2 fully saturated rings. The van der Waals surface area contributed by atoms with Crippen LogP contribution in [0, 0.1) is 10.1 Å². The Morgan fingerprint density at radius 1 is 1.04 bits per heavy atom. The zero-order chi connectivity index (χ0) is 19.7. The van der Waals surface area contributed by atoms with Gasteiger partial charge in [-0.25, -0.2) is 9.34 Å². The number of ether oxygens (including phenoxy) is 2. The maximum Gasteiger partial charge on any atom is 0.346 e. The Hall–Kier alpha value is -2.45. The summed E-state index contributed by atoms with van der Waals surface area (Å²) in [6.07, 6.45) is 0. The number of nitro groups is 1. The third-order valence-corrected chi connectivity index (χ3v) is 7.16. The number of hydrogen-bond acceptors (Lipinski definition) is 6. The summed E-state index contributed by atoms with van der Waals surface area (Å²) in [4.78, 5) is 10.9. The predicted octanol–water partition coefficient (Wildman–Crippen LogP) is 3.65. The Balaban J connectivity index is 1.53. The van der Waals surface area contributed by atoms with Gasteiger partial charge in [0.25, 0.3) is 0 Å². The van der Waals surface area contributed by atoms with E-state index in [0.29, 0.717) is 17.1 Å². The molecule has 0 aromatic heterocycles. The molecule has 2 aromatic rings. The SMILES string of the molecule is COc1ccc(Oc2cc(COP(=O)(N3CC3)N3CC3)ccc2[N+](=O)[O-])cc1. The van der Waals surface area contributed by atoms with E-state index in [1.807, 2.05) is 9.34 Å². The molecule has 2 saturated heterocycles. The molecular formula is C18H20N3O6P. The van der Waals surface area contributed by atoms with Gasteiger partial charge in [-0.3, -0.25) is 14.7 Å². The van der Waals surface area contributed by atoms with Gasteiger partial charge in [-0.15, -0.1) is 0 Å². The van der Waals surface area contributed by atoms with E-state index in [1.165, 1.54) is 6.07 Å². The molecule has 9 nitrogen and oxygen atoms in total. The highest BCUT2D eigenvalue weighted by Crippen LogP contribution is 2.61. The molecule has 2 heterocycles. The molecule has 0 aliphatic carbocycles. The second-order valence-corrected chi connectivity index (χ2v) is 8.88. The molecule has 0 bridgehead atoms. The lowest BCUT2D eigenvalue weighted by atomic mass is 10.2. The van der Waals surface area contributed by atoms with Crippen molar-refractivity contribution >= 4 is 13.4 Å². The topological polar surface area (TPSA) is 93.9 Å². The molecule has 148 valence electrons. The maximum absolute atomic E-state index is 13.0. The first kappa shape index (κ1) is 18.9. The number of methoxy groups -OCH3 is 1. The summed E-state index contributed by atoms with van der Waals surface area (Å²) in [5.74, 6) is 1.20. The zero-order valence-corrected chi connectivity index (χ0v) is 16.2. The third kappa shape index (κ3) is 4.02. The standard InChI is InChI=1S/C18H20N3O6P/c1-25-15-3-5-16(6-4-15)27-18-12-14(2-7-17(18)21(22)23)13-26-28(24,19-8-9-19)20-10-11-20/h2-7,12H,8-11,13H2,1H3. The van der Waals surface area contributed by atoms with E-state index in [9.17, 15) is 14.7 Å². The first-order chi connectivity index (χ1) is 13.5. The summed E-state index contributed by atoms with van der Waals surface area (Å²) in [6, 6.07) is 11.3. The average Bonchev–Trinajstić information content (AvgIpc) is 3.58. The van der Waals surface area contributed by atoms with Crippen molar-refractivity contribution in [2.45, 2.75) is 6.61 Å². The highest BCUT2D eigenvalue weighted by atomic mass is 31.2. The molecule has 4 rings (SSSR count). The van der Waals surface area contributed by atoms with Crippen molar-refractivity contribution in [1.82, 2.24) is 9.34 Å². The fraction of sp³-hybridized carbons (Fsp3) is 0.333. The normalized spacial score (nSPS) is 16.6. The van der Waals surface area contributed by atoms with Crippen LogP contribution in [0.25, 0.3) is 0 Å². The maximum atomic E-state index is 13.0. The van der Waals surface area contributed by atoms with E-state index in [2.05, 4.69) is 0 Å². The van der Waals surface area contributed by atoms with Crippen LogP contribution in [-0.2, 0) is 15.7 Å². The molecule has 0 unspecified atom stereocenters. The minimum Gasteiger partial charge on any atom is -0.497 e. The monoisotopic (exact) mass is 405 g/mol. The number of rotatable bonds is 9. The smallest absolute Gasteiger partial charge is 0.346 e. The number of benzene rings is 2. The summed E-state index contributed by atoms with van der Waals surface area (Å²) in [5, 5.41) is 11.4. The predicted molar refractivity (Wildman–Crippen MR) is 102 cm³/mol. The van der Waals surface area contributed by atoms with Crippen molar-refractivity contribution in [3.05, 3.63) is 58.1 Å². The Kier molecular flexibility index (Phi) is 5.07. The molecular weight excluding hydrogens is 385 g/mol. The summed E-state index contributed by atoms with van der Waals surface area (Å²) in [6.45, 7) is 3.14. The lowest BCUT2D eigenvalue weighted by Crippen LogP contribution is -2.08. The second-order valence-electron chi connectivity index (χ2n) is 6.51. The van der Waals surface area contributed by atoms with Crippen LogP contribution in [0.4, 0.5) is 5.69 Å². The minimum atomic E-state index is -2.95. The molecule has 2 aliphatic rings. The van der Waals surface area contributed by atoms with Crippen molar-refractivity contribution in [2.24, 2.45) is 0 Å². The molecule has 0 amide bonds. The van der Waals surface area contributed by atoms with Crippen molar-refractivity contribution in [1.29, 1.82) is 0 Å². The van der Waals surface area contributed by atoms with Gasteiger partial charge in [-0.2, -0.15) is 0 Å². The Bertz CT molecular complexity index is 911. The Morgan fingerprint density at radius 3 is 2.18 bits per heavy atom. The lowest BCUT2D eigenvalue weighted by molar-refractivity contribution is -0.385. The second kappa shape index (κ2) is 7.52. The van der Waals surface area contributed by atoms with E-state index in [0.717, 1.165) is 26.2 Å². The van der Waals surface area contributed by atoms with Crippen LogP contribution >= 0.6 is 7.67 Å². The van der Waals surface area contributed by atoms with Crippen molar-refractivity contribution < 1.29 is 23.5 Å². The van der Waals surface area contributed by atoms with E-state index >= 15 is 0 Å². The van der Waals surface area contributed by atoms with Crippen LogP contribution < -0.4 is 9.47 Å². The molecule has 2 aromatic carbocycles. The van der Waals surface area contributed by atoms with Crippen LogP contribution in [0.3, 0.4) is 0 Å². The summed E-state index contributed by atoms with van der Waals surface area (Å²) in [5.41, 5.74) is 0.498. The number of nitrogens with zero attached hydrogens (tertiary/aromatic N) is 3. The van der Waals surface area contributed by atoms with E-state index in [-0.39, 0.29) is 18.0 Å². The fourth-order valence-corrected chi connectivity index (χ4v) is 4.94. The largest absolute Gasteiger partial charge is 0.497 e. The third-order valence-electron chi connectivity index (χ3n) is 4.47. The van der Waals surface area contributed by atoms with E-state index < -0.39 is 12.6 Å². The van der Waals surface area contributed by atoms with Gasteiger partial charge in [0.1, 0.15) is 11.5 Å². The molecule has 0 N–H and O–H groups in total. The number of nitro benzene ring substituents is 1. The van der Waals surface area contributed by atoms with E-state index in [1.54, 1.807) is 43.5 Å². The first-order valence-electron chi connectivity index (χ1n) is 8.84. The van der Waals surface area contributed by atoms with Crippen LogP contribution in [0.1, 0.15) is 5.56 Å². The summed E-state index contributed by atoms with van der Waals surface area (Å²) >= 11 is 0. The van der Waals surface area contributed by atoms with Gasteiger partial charge in [0.15, 0.2) is 0 Å². The van der Waals surface area contributed by atoms with Gasteiger partial charge >= 0.3 is 13.4 Å². The molecule has 2 aliphatic heterocycles. The Labute approximate surface area is 162 Å². The molecule has 0 saturated carbocycles. The first-order valence-corrected chi connectivity index (χ1v) is 10.4. The molecule has 10 heteroatoms. The minimum absolute atomic E-state index is 0.0846. The lowest BCUT2D eigenvalue weighted by Gasteiger charge is -2.19. The van der Waals surface area contributed by atoms with Gasteiger partial charge in [0.05, 0.1) is 18.6 Å². The zero-order valence-electron chi connectivity index (χ0n) is 15.3. The van der Waals surface area contributed by atoms with Crippen molar-refractivity contribution in [2.75, 3.05) is 33.3 Å². The van der Waals surface area contributed by atoms with Gasteiger partial charge in [-0.1, -0.05) is 0 Å². The summed E-state index contributed by atoms with van der Waals surface area (Å²) < 4.78 is 33.2. The van der Waals surface area contributed by atoms with Gasteiger partial charge in [0, 0.05) is 32.2 Å². The van der Waals surface area contributed by atoms with Gasteiger partial charge in [0.2, 0.25) is 5.75 Å². The molecule has 0 spiro atoms. The summed E-state index contributed by atoms with van der Waals surface area (Å²) in [7, 11) is -1.40. The molecule has 28 heavy (non-hydrogen) atoms. The van der Waals surface area contributed by atoms with Crippen LogP contribution in [0.2, 0.25) is 0 Å². The highest BCUT2D eigenvalue weighted by Gasteiger charge is 2.49. The van der Waals surface area contributed by atoms with Crippen LogP contribution in [0.5, 0.6) is 17.2 Å². The number of hydrogen-bond donors (Lipinski definition) is 0.